The summed E-state index contributed by atoms with van der Waals surface area (Å²) in [4.78, 5) is 8.49. The fourth-order valence-electron chi connectivity index (χ4n) is 2.22. The molecule has 1 aliphatic rings. The Morgan fingerprint density at radius 3 is 2.94 bits per heavy atom. The number of nitrogens with zero attached hydrogens (tertiary/aromatic N) is 2. The second-order valence-corrected chi connectivity index (χ2v) is 4.44. The Labute approximate surface area is 96.4 Å². The molecule has 1 N–H and O–H groups in total. The van der Waals surface area contributed by atoms with Gasteiger partial charge in [-0.1, -0.05) is 19.8 Å². The van der Waals surface area contributed by atoms with Crippen LogP contribution in [0.2, 0.25) is 0 Å². The van der Waals surface area contributed by atoms with E-state index in [1.165, 1.54) is 25.7 Å². The number of ether oxygens (including phenoxy) is 1. The number of methoxy groups -OCH3 is 1. The highest BCUT2D eigenvalue weighted by Gasteiger charge is 2.21. The first kappa shape index (κ1) is 11.2. The molecule has 0 radical (unpaired) electrons. The van der Waals surface area contributed by atoms with Crippen LogP contribution in [0.3, 0.4) is 0 Å². The van der Waals surface area contributed by atoms with Crippen molar-refractivity contribution in [3.8, 4) is 5.88 Å². The van der Waals surface area contributed by atoms with Gasteiger partial charge in [-0.2, -0.15) is 4.98 Å². The van der Waals surface area contributed by atoms with Gasteiger partial charge < -0.3 is 10.1 Å². The molecule has 1 heterocycles. The Morgan fingerprint density at radius 2 is 2.19 bits per heavy atom. The van der Waals surface area contributed by atoms with Crippen molar-refractivity contribution >= 4 is 5.95 Å². The number of rotatable bonds is 3. The SMILES string of the molecule is COc1ccnc(NC2CCCCC2C)n1. The topological polar surface area (TPSA) is 47.0 Å². The van der Waals surface area contributed by atoms with Crippen molar-refractivity contribution in [1.29, 1.82) is 0 Å². The first-order valence-electron chi connectivity index (χ1n) is 5.93. The molecule has 0 aromatic carbocycles. The quantitative estimate of drug-likeness (QED) is 0.851. The molecular weight excluding hydrogens is 202 g/mol. The van der Waals surface area contributed by atoms with Crippen molar-refractivity contribution in [3.05, 3.63) is 12.3 Å². The summed E-state index contributed by atoms with van der Waals surface area (Å²) in [7, 11) is 1.62. The fourth-order valence-corrected chi connectivity index (χ4v) is 2.22. The molecule has 2 atom stereocenters. The lowest BCUT2D eigenvalue weighted by Gasteiger charge is -2.29. The molecule has 0 aliphatic heterocycles. The van der Waals surface area contributed by atoms with E-state index in [-0.39, 0.29) is 0 Å². The van der Waals surface area contributed by atoms with Gasteiger partial charge >= 0.3 is 0 Å². The molecule has 4 nitrogen and oxygen atoms in total. The van der Waals surface area contributed by atoms with Crippen molar-refractivity contribution in [2.24, 2.45) is 5.92 Å². The summed E-state index contributed by atoms with van der Waals surface area (Å²) in [6, 6.07) is 2.26. The van der Waals surface area contributed by atoms with Crippen molar-refractivity contribution in [2.75, 3.05) is 12.4 Å². The molecule has 1 aliphatic carbocycles. The zero-order chi connectivity index (χ0) is 11.4. The third-order valence-corrected chi connectivity index (χ3v) is 3.27. The van der Waals surface area contributed by atoms with Crippen molar-refractivity contribution in [1.82, 2.24) is 9.97 Å². The summed E-state index contributed by atoms with van der Waals surface area (Å²) in [6.07, 6.45) is 6.87. The van der Waals surface area contributed by atoms with Crippen molar-refractivity contribution in [2.45, 2.75) is 38.6 Å². The fraction of sp³-hybridized carbons (Fsp3) is 0.667. The summed E-state index contributed by atoms with van der Waals surface area (Å²) in [5.74, 6) is 1.99. The second-order valence-electron chi connectivity index (χ2n) is 4.44. The van der Waals surface area contributed by atoms with Gasteiger partial charge in [-0.25, -0.2) is 4.98 Å². The molecule has 1 aromatic heterocycles. The third-order valence-electron chi connectivity index (χ3n) is 3.27. The van der Waals surface area contributed by atoms with Gasteiger partial charge in [-0.15, -0.1) is 0 Å². The van der Waals surface area contributed by atoms with Crippen LogP contribution in [0.5, 0.6) is 5.88 Å². The van der Waals surface area contributed by atoms with Gasteiger partial charge in [0.1, 0.15) is 0 Å². The van der Waals surface area contributed by atoms with Gasteiger partial charge in [0.2, 0.25) is 11.8 Å². The van der Waals surface area contributed by atoms with Crippen LogP contribution in [-0.2, 0) is 0 Å². The molecule has 0 amide bonds. The van der Waals surface area contributed by atoms with E-state index in [2.05, 4.69) is 22.2 Å². The van der Waals surface area contributed by atoms with Crippen LogP contribution in [0.4, 0.5) is 5.95 Å². The summed E-state index contributed by atoms with van der Waals surface area (Å²) >= 11 is 0. The molecule has 1 saturated carbocycles. The lowest BCUT2D eigenvalue weighted by atomic mass is 9.86. The van der Waals surface area contributed by atoms with Gasteiger partial charge in [0, 0.05) is 18.3 Å². The van der Waals surface area contributed by atoms with Crippen LogP contribution in [0.25, 0.3) is 0 Å². The molecule has 0 spiro atoms. The normalized spacial score (nSPS) is 25.1. The van der Waals surface area contributed by atoms with Crippen LogP contribution in [-0.4, -0.2) is 23.1 Å². The summed E-state index contributed by atoms with van der Waals surface area (Å²) < 4.78 is 5.08. The smallest absolute Gasteiger partial charge is 0.226 e. The van der Waals surface area contributed by atoms with E-state index in [4.69, 9.17) is 4.74 Å². The molecular formula is C12H19N3O. The average molecular weight is 221 g/mol. The largest absolute Gasteiger partial charge is 0.481 e. The van der Waals surface area contributed by atoms with Crippen LogP contribution in [0, 0.1) is 5.92 Å². The minimum atomic E-state index is 0.501. The lowest BCUT2D eigenvalue weighted by molar-refractivity contribution is 0.347. The number of aromatic nitrogens is 2. The Morgan fingerprint density at radius 1 is 1.38 bits per heavy atom. The maximum atomic E-state index is 5.08. The maximum Gasteiger partial charge on any atom is 0.226 e. The monoisotopic (exact) mass is 221 g/mol. The first-order valence-corrected chi connectivity index (χ1v) is 5.93. The Bertz CT molecular complexity index is 343. The zero-order valence-corrected chi connectivity index (χ0v) is 9.94. The number of hydrogen-bond donors (Lipinski definition) is 1. The molecule has 1 aromatic rings. The third kappa shape index (κ3) is 2.62. The maximum absolute atomic E-state index is 5.08. The van der Waals surface area contributed by atoms with E-state index >= 15 is 0 Å². The van der Waals surface area contributed by atoms with E-state index in [0.29, 0.717) is 23.8 Å². The minimum Gasteiger partial charge on any atom is -0.481 e. The Balaban J connectivity index is 2.01. The minimum absolute atomic E-state index is 0.501. The van der Waals surface area contributed by atoms with Crippen molar-refractivity contribution in [3.63, 3.8) is 0 Å². The van der Waals surface area contributed by atoms with Crippen LogP contribution < -0.4 is 10.1 Å². The Kier molecular flexibility index (Phi) is 3.59. The van der Waals surface area contributed by atoms with Gasteiger partial charge in [0.25, 0.3) is 0 Å². The average Bonchev–Trinajstić information content (AvgIpc) is 2.32. The number of hydrogen-bond acceptors (Lipinski definition) is 4. The zero-order valence-electron chi connectivity index (χ0n) is 9.94. The van der Waals surface area contributed by atoms with E-state index < -0.39 is 0 Å². The molecule has 2 unspecified atom stereocenters. The summed E-state index contributed by atoms with van der Waals surface area (Å²) in [5.41, 5.74) is 0. The van der Waals surface area contributed by atoms with Gasteiger partial charge in [0.15, 0.2) is 0 Å². The van der Waals surface area contributed by atoms with Crippen LogP contribution >= 0.6 is 0 Å². The highest BCUT2D eigenvalue weighted by atomic mass is 16.5. The van der Waals surface area contributed by atoms with Crippen LogP contribution in [0.1, 0.15) is 32.6 Å². The summed E-state index contributed by atoms with van der Waals surface area (Å²) in [6.45, 7) is 2.29. The molecule has 4 heteroatoms. The highest BCUT2D eigenvalue weighted by Crippen LogP contribution is 2.26. The number of anilines is 1. The first-order chi connectivity index (χ1) is 7.79. The molecule has 88 valence electrons. The van der Waals surface area contributed by atoms with Gasteiger partial charge in [-0.05, 0) is 18.8 Å². The molecule has 0 bridgehead atoms. The van der Waals surface area contributed by atoms with Gasteiger partial charge in [-0.3, -0.25) is 0 Å². The van der Waals surface area contributed by atoms with Crippen molar-refractivity contribution < 1.29 is 4.74 Å². The molecule has 1 fully saturated rings. The summed E-state index contributed by atoms with van der Waals surface area (Å²) in [5, 5.41) is 3.40. The lowest BCUT2D eigenvalue weighted by Crippen LogP contribution is -2.31. The van der Waals surface area contributed by atoms with E-state index in [1.54, 1.807) is 19.4 Å². The predicted molar refractivity (Wildman–Crippen MR) is 63.6 cm³/mol. The van der Waals surface area contributed by atoms with E-state index in [9.17, 15) is 0 Å². The predicted octanol–water partition coefficient (Wildman–Crippen LogP) is 2.48. The highest BCUT2D eigenvalue weighted by molar-refractivity contribution is 5.29. The second kappa shape index (κ2) is 5.14. The van der Waals surface area contributed by atoms with Gasteiger partial charge in [0.05, 0.1) is 7.11 Å². The van der Waals surface area contributed by atoms with E-state index in [0.717, 1.165) is 0 Å². The van der Waals surface area contributed by atoms with Crippen LogP contribution in [0.15, 0.2) is 12.3 Å². The van der Waals surface area contributed by atoms with E-state index in [1.807, 2.05) is 0 Å². The molecule has 0 saturated heterocycles. The standard InChI is InChI=1S/C12H19N3O/c1-9-5-3-4-6-10(9)14-12-13-8-7-11(15-12)16-2/h7-10H,3-6H2,1-2H3,(H,13,14,15). The molecule has 2 rings (SSSR count). The number of nitrogens with one attached hydrogen (secondary N) is 1. The molecule has 16 heavy (non-hydrogen) atoms. The Hall–Kier alpha value is -1.32.